The lowest BCUT2D eigenvalue weighted by Gasteiger charge is -2.44. The van der Waals surface area contributed by atoms with Crippen LogP contribution < -0.4 is 0 Å². The molecule has 0 bridgehead atoms. The van der Waals surface area contributed by atoms with Crippen molar-refractivity contribution in [3.8, 4) is 0 Å². The van der Waals surface area contributed by atoms with E-state index < -0.39 is 24.0 Å². The Balaban J connectivity index is 1.86. The summed E-state index contributed by atoms with van der Waals surface area (Å²) in [6, 6.07) is -0.154. The third-order valence-corrected chi connectivity index (χ3v) is 5.55. The molecule has 0 radical (unpaired) electrons. The second kappa shape index (κ2) is 6.49. The molecule has 3 N–H and O–H groups in total. The van der Waals surface area contributed by atoms with Crippen LogP contribution >= 0.6 is 0 Å². The summed E-state index contributed by atoms with van der Waals surface area (Å²) in [7, 11) is 0. The van der Waals surface area contributed by atoms with Crippen molar-refractivity contribution in [1.29, 1.82) is 0 Å². The summed E-state index contributed by atoms with van der Waals surface area (Å²) < 4.78 is 14.0. The van der Waals surface area contributed by atoms with E-state index in [0.29, 0.717) is 12.5 Å². The zero-order valence-corrected chi connectivity index (χ0v) is 13.4. The first-order valence-corrected chi connectivity index (χ1v) is 8.17. The molecule has 0 spiro atoms. The van der Waals surface area contributed by atoms with E-state index in [2.05, 4.69) is 4.90 Å². The fourth-order valence-electron chi connectivity index (χ4n) is 3.85. The fourth-order valence-corrected chi connectivity index (χ4v) is 3.85. The van der Waals surface area contributed by atoms with Crippen molar-refractivity contribution in [2.24, 2.45) is 11.8 Å². The molecule has 2 fully saturated rings. The zero-order chi connectivity index (χ0) is 15.8. The molecule has 1 saturated carbocycles. The van der Waals surface area contributed by atoms with E-state index in [1.165, 1.54) is 0 Å². The van der Waals surface area contributed by atoms with Gasteiger partial charge in [0.1, 0.15) is 11.8 Å². The minimum Gasteiger partial charge on any atom is -0.389 e. The van der Waals surface area contributed by atoms with Crippen LogP contribution in [-0.2, 0) is 0 Å². The van der Waals surface area contributed by atoms with Gasteiger partial charge >= 0.3 is 0 Å². The summed E-state index contributed by atoms with van der Waals surface area (Å²) in [6.45, 7) is 6.42. The molecule has 1 aliphatic carbocycles. The zero-order valence-electron chi connectivity index (χ0n) is 13.4. The molecule has 2 aliphatic rings. The number of β-amino-alcohol motifs (C(OH)–C–C–N with tert-alkyl or cyclic N) is 1. The van der Waals surface area contributed by atoms with Gasteiger partial charge in [0.2, 0.25) is 0 Å². The Hall–Kier alpha value is -0.230. The second-order valence-electron chi connectivity index (χ2n) is 7.53. The number of aliphatic hydroxyl groups excluding tert-OH is 3. The van der Waals surface area contributed by atoms with Crippen molar-refractivity contribution in [2.75, 3.05) is 13.1 Å². The number of halogens is 1. The van der Waals surface area contributed by atoms with Crippen molar-refractivity contribution in [3.05, 3.63) is 0 Å². The van der Waals surface area contributed by atoms with Crippen LogP contribution in [0.5, 0.6) is 0 Å². The maximum absolute atomic E-state index is 14.0. The number of piperidine rings is 1. The van der Waals surface area contributed by atoms with Crippen molar-refractivity contribution < 1.29 is 19.7 Å². The van der Waals surface area contributed by atoms with Gasteiger partial charge in [-0.15, -0.1) is 0 Å². The van der Waals surface area contributed by atoms with E-state index in [0.717, 1.165) is 32.2 Å². The molecule has 0 unspecified atom stereocenters. The van der Waals surface area contributed by atoms with Gasteiger partial charge in [-0.3, -0.25) is 4.90 Å². The summed E-state index contributed by atoms with van der Waals surface area (Å²) >= 11 is 0. The maximum atomic E-state index is 14.0. The number of hydrogen-bond donors (Lipinski definition) is 3. The van der Waals surface area contributed by atoms with Crippen LogP contribution in [0.15, 0.2) is 0 Å². The number of alkyl halides is 1. The Kier molecular flexibility index (Phi) is 5.29. The lowest BCUT2D eigenvalue weighted by molar-refractivity contribution is -0.136. The Labute approximate surface area is 127 Å². The molecule has 0 aromatic rings. The Morgan fingerprint density at radius 1 is 1.05 bits per heavy atom. The molecule has 0 amide bonds. The van der Waals surface area contributed by atoms with Gasteiger partial charge < -0.3 is 15.3 Å². The smallest absolute Gasteiger partial charge is 0.108 e. The minimum atomic E-state index is -1.10. The van der Waals surface area contributed by atoms with Gasteiger partial charge in [0.05, 0.1) is 12.2 Å². The monoisotopic (exact) mass is 303 g/mol. The first kappa shape index (κ1) is 17.1. The van der Waals surface area contributed by atoms with E-state index >= 15 is 0 Å². The predicted octanol–water partition coefficient (Wildman–Crippen LogP) is 1.33. The summed E-state index contributed by atoms with van der Waals surface area (Å²) in [5.41, 5.74) is -1.10. The molecule has 124 valence electrons. The van der Waals surface area contributed by atoms with Gasteiger partial charge in [0.25, 0.3) is 0 Å². The normalized spacial score (nSPS) is 43.0. The van der Waals surface area contributed by atoms with Crippen molar-refractivity contribution in [1.82, 2.24) is 4.90 Å². The van der Waals surface area contributed by atoms with E-state index in [9.17, 15) is 19.7 Å². The SMILES string of the molecule is C[C@@H]1[C@@H](O)[C@H](O)[C@@H](O)CN1CC1CCC(C(C)(C)F)CC1. The second-order valence-corrected chi connectivity index (χ2v) is 7.53. The van der Waals surface area contributed by atoms with Gasteiger partial charge in [0.15, 0.2) is 0 Å². The van der Waals surface area contributed by atoms with Crippen molar-refractivity contribution >= 4 is 0 Å². The highest BCUT2D eigenvalue weighted by atomic mass is 19.1. The minimum absolute atomic E-state index is 0.144. The Morgan fingerprint density at radius 2 is 1.62 bits per heavy atom. The van der Waals surface area contributed by atoms with Crippen LogP contribution in [0.25, 0.3) is 0 Å². The Bertz CT molecular complexity index is 339. The quantitative estimate of drug-likeness (QED) is 0.736. The third-order valence-electron chi connectivity index (χ3n) is 5.55. The molecular weight excluding hydrogens is 273 g/mol. The number of hydrogen-bond acceptors (Lipinski definition) is 4. The molecule has 4 nitrogen and oxygen atoms in total. The third kappa shape index (κ3) is 3.95. The van der Waals surface area contributed by atoms with Crippen LogP contribution in [0.1, 0.15) is 46.5 Å². The molecule has 1 saturated heterocycles. The summed E-state index contributed by atoms with van der Waals surface area (Å²) in [4.78, 5) is 2.06. The number of nitrogens with zero attached hydrogens (tertiary/aromatic N) is 1. The highest BCUT2D eigenvalue weighted by Crippen LogP contribution is 2.38. The lowest BCUT2D eigenvalue weighted by Crippen LogP contribution is -2.61. The highest BCUT2D eigenvalue weighted by Gasteiger charge is 2.40. The fraction of sp³-hybridized carbons (Fsp3) is 1.00. The largest absolute Gasteiger partial charge is 0.389 e. The van der Waals surface area contributed by atoms with Gasteiger partial charge in [-0.1, -0.05) is 0 Å². The van der Waals surface area contributed by atoms with Gasteiger partial charge in [-0.05, 0) is 58.3 Å². The first-order valence-electron chi connectivity index (χ1n) is 8.17. The molecule has 0 aromatic carbocycles. The average molecular weight is 303 g/mol. The predicted molar refractivity (Wildman–Crippen MR) is 79.7 cm³/mol. The van der Waals surface area contributed by atoms with Crippen LogP contribution in [0, 0.1) is 11.8 Å². The van der Waals surface area contributed by atoms with Gasteiger partial charge in [-0.25, -0.2) is 4.39 Å². The topological polar surface area (TPSA) is 63.9 Å². The molecule has 1 heterocycles. The van der Waals surface area contributed by atoms with E-state index in [4.69, 9.17) is 0 Å². The summed E-state index contributed by atoms with van der Waals surface area (Å²) in [5.74, 6) is 0.631. The van der Waals surface area contributed by atoms with E-state index in [1.54, 1.807) is 13.8 Å². The van der Waals surface area contributed by atoms with E-state index in [-0.39, 0.29) is 12.0 Å². The number of likely N-dealkylation sites (tertiary alicyclic amines) is 1. The standard InChI is InChI=1S/C16H30FNO3/c1-10-14(20)15(21)13(19)9-18(10)8-11-4-6-12(7-5-11)16(2,3)17/h10-15,19-21H,4-9H2,1-3H3/t10-,11?,12?,13+,14-,15-/m1/s1. The number of aliphatic hydroxyl groups is 3. The lowest BCUT2D eigenvalue weighted by atomic mass is 9.75. The van der Waals surface area contributed by atoms with Gasteiger partial charge in [-0.2, -0.15) is 0 Å². The highest BCUT2D eigenvalue weighted by molar-refractivity contribution is 4.93. The van der Waals surface area contributed by atoms with Crippen LogP contribution in [0.4, 0.5) is 4.39 Å². The van der Waals surface area contributed by atoms with Crippen LogP contribution in [0.3, 0.4) is 0 Å². The molecule has 1 aliphatic heterocycles. The molecule has 5 heteroatoms. The summed E-state index contributed by atoms with van der Waals surface area (Å²) in [6.07, 6.45) is 0.951. The maximum Gasteiger partial charge on any atom is 0.108 e. The molecule has 0 aromatic heterocycles. The molecule has 2 rings (SSSR count). The number of rotatable bonds is 3. The van der Waals surface area contributed by atoms with Crippen molar-refractivity contribution in [3.63, 3.8) is 0 Å². The summed E-state index contributed by atoms with van der Waals surface area (Å²) in [5, 5.41) is 29.5. The van der Waals surface area contributed by atoms with Gasteiger partial charge in [0, 0.05) is 19.1 Å². The van der Waals surface area contributed by atoms with Crippen LogP contribution in [-0.4, -0.2) is 63.3 Å². The van der Waals surface area contributed by atoms with Crippen LogP contribution in [0.2, 0.25) is 0 Å². The molecule has 21 heavy (non-hydrogen) atoms. The van der Waals surface area contributed by atoms with Crippen molar-refractivity contribution in [2.45, 2.75) is 76.5 Å². The first-order chi connectivity index (χ1) is 9.70. The Morgan fingerprint density at radius 3 is 2.14 bits per heavy atom. The average Bonchev–Trinajstić information content (AvgIpc) is 2.42. The molecule has 4 atom stereocenters. The van der Waals surface area contributed by atoms with E-state index in [1.807, 2.05) is 6.92 Å². The molecular formula is C16H30FNO3.